The predicted molar refractivity (Wildman–Crippen MR) is 69.3 cm³/mol. The minimum atomic E-state index is -0.528. The summed E-state index contributed by atoms with van der Waals surface area (Å²) in [4.78, 5) is 11.5. The van der Waals surface area contributed by atoms with Crippen molar-refractivity contribution in [2.24, 2.45) is 0 Å². The van der Waals surface area contributed by atoms with Crippen LogP contribution in [0.3, 0.4) is 0 Å². The Balaban J connectivity index is 2.18. The van der Waals surface area contributed by atoms with Gasteiger partial charge in [0.05, 0.1) is 11.6 Å². The van der Waals surface area contributed by atoms with Crippen LogP contribution in [0.4, 0.5) is 0 Å². The van der Waals surface area contributed by atoms with Gasteiger partial charge >= 0.3 is 5.97 Å². The quantitative estimate of drug-likeness (QED) is 0.620. The van der Waals surface area contributed by atoms with Crippen LogP contribution in [0.25, 0.3) is 11.3 Å². The summed E-state index contributed by atoms with van der Waals surface area (Å²) in [7, 11) is 0. The molecule has 0 saturated heterocycles. The van der Waals surface area contributed by atoms with Crippen LogP contribution in [0, 0.1) is 11.3 Å². The molecule has 0 atom stereocenters. The molecule has 19 heavy (non-hydrogen) atoms. The van der Waals surface area contributed by atoms with Crippen molar-refractivity contribution in [3.05, 3.63) is 60.4 Å². The molecule has 2 rings (SSSR count). The van der Waals surface area contributed by atoms with E-state index in [1.54, 1.807) is 36.4 Å². The molecule has 1 aromatic carbocycles. The molecule has 0 amide bonds. The molecule has 4 heteroatoms. The van der Waals surface area contributed by atoms with Crippen molar-refractivity contribution in [2.45, 2.75) is 0 Å². The first-order chi connectivity index (χ1) is 9.24. The summed E-state index contributed by atoms with van der Waals surface area (Å²) in [5, 5.41) is 8.72. The van der Waals surface area contributed by atoms with Crippen LogP contribution in [-0.2, 0) is 4.74 Å². The van der Waals surface area contributed by atoms with E-state index in [1.165, 1.54) is 6.08 Å². The molecule has 0 fully saturated rings. The monoisotopic (exact) mass is 253 g/mol. The van der Waals surface area contributed by atoms with Gasteiger partial charge in [-0.25, -0.2) is 4.79 Å². The molecule has 4 nitrogen and oxygen atoms in total. The lowest BCUT2D eigenvalue weighted by Gasteiger charge is -1.99. The van der Waals surface area contributed by atoms with Gasteiger partial charge in [-0.1, -0.05) is 12.7 Å². The van der Waals surface area contributed by atoms with Crippen LogP contribution in [-0.4, -0.2) is 12.6 Å². The van der Waals surface area contributed by atoms with Gasteiger partial charge in [-0.2, -0.15) is 5.26 Å². The van der Waals surface area contributed by atoms with Crippen LogP contribution in [0.2, 0.25) is 0 Å². The van der Waals surface area contributed by atoms with E-state index < -0.39 is 5.97 Å². The SMILES string of the molecule is C=CCOC(=O)c1ccc(-c2ccc(C#N)cc2)o1. The Morgan fingerprint density at radius 2 is 2.05 bits per heavy atom. The Morgan fingerprint density at radius 1 is 1.32 bits per heavy atom. The summed E-state index contributed by atoms with van der Waals surface area (Å²) in [6.45, 7) is 3.61. The maximum absolute atomic E-state index is 11.5. The first kappa shape index (κ1) is 12.7. The van der Waals surface area contributed by atoms with Gasteiger partial charge in [-0.05, 0) is 36.4 Å². The largest absolute Gasteiger partial charge is 0.456 e. The van der Waals surface area contributed by atoms with Gasteiger partial charge in [0.25, 0.3) is 0 Å². The molecule has 1 aromatic heterocycles. The van der Waals surface area contributed by atoms with Crippen molar-refractivity contribution in [3.63, 3.8) is 0 Å². The van der Waals surface area contributed by atoms with Gasteiger partial charge < -0.3 is 9.15 Å². The Morgan fingerprint density at radius 3 is 2.68 bits per heavy atom. The van der Waals surface area contributed by atoms with E-state index in [-0.39, 0.29) is 12.4 Å². The summed E-state index contributed by atoms with van der Waals surface area (Å²) in [5.74, 6) is 0.163. The Hall–Kier alpha value is -2.80. The summed E-state index contributed by atoms with van der Waals surface area (Å²) in [6, 6.07) is 12.2. The molecule has 0 bridgehead atoms. The number of furan rings is 1. The van der Waals surface area contributed by atoms with Gasteiger partial charge in [0, 0.05) is 5.56 Å². The number of hydrogen-bond acceptors (Lipinski definition) is 4. The second-order valence-electron chi connectivity index (χ2n) is 3.74. The fourth-order valence-electron chi connectivity index (χ4n) is 1.52. The van der Waals surface area contributed by atoms with E-state index in [0.29, 0.717) is 11.3 Å². The van der Waals surface area contributed by atoms with Crippen molar-refractivity contribution >= 4 is 5.97 Å². The Labute approximate surface area is 110 Å². The van der Waals surface area contributed by atoms with Crippen LogP contribution in [0.15, 0.2) is 53.5 Å². The summed E-state index contributed by atoms with van der Waals surface area (Å²) >= 11 is 0. The third-order valence-electron chi connectivity index (χ3n) is 2.44. The number of nitrogens with zero attached hydrogens (tertiary/aromatic N) is 1. The summed E-state index contributed by atoms with van der Waals surface area (Å²) in [5.41, 5.74) is 1.36. The number of carbonyl (C=O) groups is 1. The number of carbonyl (C=O) groups excluding carboxylic acids is 1. The molecule has 2 aromatic rings. The van der Waals surface area contributed by atoms with Gasteiger partial charge in [0.1, 0.15) is 12.4 Å². The van der Waals surface area contributed by atoms with Crippen molar-refractivity contribution in [1.29, 1.82) is 5.26 Å². The normalized spacial score (nSPS) is 9.63. The van der Waals surface area contributed by atoms with Crippen molar-refractivity contribution < 1.29 is 13.9 Å². The van der Waals surface area contributed by atoms with Gasteiger partial charge in [-0.15, -0.1) is 0 Å². The van der Waals surface area contributed by atoms with Crippen molar-refractivity contribution in [1.82, 2.24) is 0 Å². The molecule has 0 saturated carbocycles. The van der Waals surface area contributed by atoms with Crippen LogP contribution in [0.5, 0.6) is 0 Å². The lowest BCUT2D eigenvalue weighted by molar-refractivity contribution is 0.0514. The minimum absolute atomic E-state index is 0.140. The highest BCUT2D eigenvalue weighted by Gasteiger charge is 2.12. The van der Waals surface area contributed by atoms with E-state index in [2.05, 4.69) is 6.58 Å². The van der Waals surface area contributed by atoms with E-state index in [4.69, 9.17) is 14.4 Å². The molecular formula is C15H11NO3. The lowest BCUT2D eigenvalue weighted by atomic mass is 10.1. The summed E-state index contributed by atoms with van der Waals surface area (Å²) < 4.78 is 10.3. The number of nitriles is 1. The highest BCUT2D eigenvalue weighted by Crippen LogP contribution is 2.22. The molecule has 0 N–H and O–H groups in total. The number of benzene rings is 1. The molecular weight excluding hydrogens is 242 g/mol. The zero-order chi connectivity index (χ0) is 13.7. The topological polar surface area (TPSA) is 63.2 Å². The smallest absolute Gasteiger partial charge is 0.374 e. The Kier molecular flexibility index (Phi) is 3.79. The number of rotatable bonds is 4. The highest BCUT2D eigenvalue weighted by molar-refractivity contribution is 5.87. The zero-order valence-electron chi connectivity index (χ0n) is 10.1. The molecule has 0 radical (unpaired) electrons. The van der Waals surface area contributed by atoms with E-state index in [9.17, 15) is 4.79 Å². The van der Waals surface area contributed by atoms with Crippen LogP contribution >= 0.6 is 0 Å². The average Bonchev–Trinajstić information content (AvgIpc) is 2.94. The third kappa shape index (κ3) is 2.90. The highest BCUT2D eigenvalue weighted by atomic mass is 16.5. The van der Waals surface area contributed by atoms with E-state index in [0.717, 1.165) is 5.56 Å². The number of esters is 1. The van der Waals surface area contributed by atoms with Gasteiger partial charge in [0.15, 0.2) is 0 Å². The maximum Gasteiger partial charge on any atom is 0.374 e. The van der Waals surface area contributed by atoms with Crippen molar-refractivity contribution in [3.8, 4) is 17.4 Å². The molecule has 0 spiro atoms. The lowest BCUT2D eigenvalue weighted by Crippen LogP contribution is -2.03. The minimum Gasteiger partial charge on any atom is -0.456 e. The fraction of sp³-hybridized carbons (Fsp3) is 0.0667. The average molecular weight is 253 g/mol. The first-order valence-electron chi connectivity index (χ1n) is 5.63. The standard InChI is InChI=1S/C15H11NO3/c1-2-9-18-15(17)14-8-7-13(19-14)12-5-3-11(10-16)4-6-12/h2-8H,1,9H2. The van der Waals surface area contributed by atoms with Crippen LogP contribution in [0.1, 0.15) is 16.1 Å². The third-order valence-corrected chi connectivity index (χ3v) is 2.44. The molecule has 0 unspecified atom stereocenters. The molecule has 0 aliphatic carbocycles. The zero-order valence-corrected chi connectivity index (χ0v) is 10.1. The van der Waals surface area contributed by atoms with E-state index >= 15 is 0 Å². The van der Waals surface area contributed by atoms with E-state index in [1.807, 2.05) is 6.07 Å². The molecule has 1 heterocycles. The summed E-state index contributed by atoms with van der Waals surface area (Å²) in [6.07, 6.45) is 1.49. The predicted octanol–water partition coefficient (Wildman–Crippen LogP) is 3.16. The van der Waals surface area contributed by atoms with Crippen LogP contribution < -0.4 is 0 Å². The first-order valence-corrected chi connectivity index (χ1v) is 5.63. The maximum atomic E-state index is 11.5. The second kappa shape index (κ2) is 5.69. The van der Waals surface area contributed by atoms with Crippen molar-refractivity contribution in [2.75, 3.05) is 6.61 Å². The second-order valence-corrected chi connectivity index (χ2v) is 3.74. The fourth-order valence-corrected chi connectivity index (χ4v) is 1.52. The molecule has 0 aliphatic rings. The molecule has 0 aliphatic heterocycles. The van der Waals surface area contributed by atoms with Gasteiger partial charge in [0.2, 0.25) is 5.76 Å². The molecule has 94 valence electrons. The van der Waals surface area contributed by atoms with Gasteiger partial charge in [-0.3, -0.25) is 0 Å². The number of hydrogen-bond donors (Lipinski definition) is 0. The Bertz CT molecular complexity index is 632. The number of ether oxygens (including phenoxy) is 1.